The summed E-state index contributed by atoms with van der Waals surface area (Å²) < 4.78 is 39.5. The predicted octanol–water partition coefficient (Wildman–Crippen LogP) is 4.41. The molecule has 2 heterocycles. The molecule has 6 rings (SSSR count). The smallest absolute Gasteiger partial charge is 0.357 e. The Hall–Kier alpha value is -4.37. The van der Waals surface area contributed by atoms with Gasteiger partial charge >= 0.3 is 5.97 Å². The van der Waals surface area contributed by atoms with Gasteiger partial charge in [0.1, 0.15) is 0 Å². The third-order valence-corrected chi connectivity index (χ3v) is 8.52. The molecule has 1 atom stereocenters. The minimum Gasteiger partial charge on any atom is -0.476 e. The van der Waals surface area contributed by atoms with Gasteiger partial charge in [0.2, 0.25) is 6.79 Å². The normalized spacial score (nSPS) is 18.0. The summed E-state index contributed by atoms with van der Waals surface area (Å²) in [6.45, 7) is 1.99. The van der Waals surface area contributed by atoms with Crippen LogP contribution in [0.1, 0.15) is 38.4 Å². The number of hydrogen-bond acceptors (Lipinski definition) is 6. The van der Waals surface area contributed by atoms with Gasteiger partial charge in [-0.2, -0.15) is 12.5 Å². The van der Waals surface area contributed by atoms with Crippen LogP contribution >= 0.6 is 0 Å². The number of aryl methyl sites for hydroxylation is 1. The lowest BCUT2D eigenvalue weighted by Gasteiger charge is -2.35. The summed E-state index contributed by atoms with van der Waals surface area (Å²) in [5.74, 6) is -0.0688. The summed E-state index contributed by atoms with van der Waals surface area (Å²) in [7, 11) is -4.17. The Morgan fingerprint density at radius 2 is 1.70 bits per heavy atom. The second-order valence-electron chi connectivity index (χ2n) is 9.09. The first-order valence-electron chi connectivity index (χ1n) is 11.6. The van der Waals surface area contributed by atoms with Crippen molar-refractivity contribution in [3.05, 3.63) is 113 Å². The molecule has 0 amide bonds. The Morgan fingerprint density at radius 1 is 0.973 bits per heavy atom. The number of fused-ring (bicyclic) bond motifs is 2. The SMILES string of the molecule is Cc1ccc(S(=O)(=O)n2nc(C(=O)O)c3c2CC(c2ccccc2)(c2ccc4c(c2)OCO4)C=C3)cc1. The van der Waals surface area contributed by atoms with E-state index in [1.807, 2.05) is 61.5 Å². The second kappa shape index (κ2) is 8.35. The molecular formula is C28H22N2O6S. The number of rotatable bonds is 5. The molecule has 0 radical (unpaired) electrons. The van der Waals surface area contributed by atoms with E-state index in [1.165, 1.54) is 12.1 Å². The first-order valence-corrected chi connectivity index (χ1v) is 13.1. The van der Waals surface area contributed by atoms with Crippen molar-refractivity contribution in [1.29, 1.82) is 0 Å². The standard InChI is InChI=1S/C28H22N2O6S/c1-18-7-10-21(11-8-18)37(33,34)30-23-16-28(19-5-3-2-4-6-19,14-13-22(23)26(29-30)27(31)32)20-9-12-24-25(15-20)36-17-35-24/h2-15H,16-17H2,1H3,(H,31,32). The van der Waals surface area contributed by atoms with E-state index in [4.69, 9.17) is 9.47 Å². The average Bonchev–Trinajstić information content (AvgIpc) is 3.53. The highest BCUT2D eigenvalue weighted by atomic mass is 32.2. The van der Waals surface area contributed by atoms with Crippen molar-refractivity contribution in [2.45, 2.75) is 23.7 Å². The maximum absolute atomic E-state index is 13.7. The fraction of sp³-hybridized carbons (Fsp3) is 0.143. The largest absolute Gasteiger partial charge is 0.476 e. The van der Waals surface area contributed by atoms with Gasteiger partial charge in [0.25, 0.3) is 10.0 Å². The summed E-state index contributed by atoms with van der Waals surface area (Å²) in [6.07, 6.45) is 3.74. The van der Waals surface area contributed by atoms with Crippen LogP contribution in [-0.2, 0) is 21.9 Å². The van der Waals surface area contributed by atoms with Gasteiger partial charge in [-0.05, 0) is 42.3 Å². The van der Waals surface area contributed by atoms with Crippen LogP contribution in [-0.4, -0.2) is 35.5 Å². The summed E-state index contributed by atoms with van der Waals surface area (Å²) in [4.78, 5) is 12.1. The van der Waals surface area contributed by atoms with Crippen LogP contribution in [0.4, 0.5) is 0 Å². The number of benzene rings is 3. The van der Waals surface area contributed by atoms with Crippen LogP contribution in [0.3, 0.4) is 0 Å². The molecule has 37 heavy (non-hydrogen) atoms. The van der Waals surface area contributed by atoms with Crippen molar-refractivity contribution in [2.24, 2.45) is 0 Å². The summed E-state index contributed by atoms with van der Waals surface area (Å²) in [5, 5.41) is 14.0. The fourth-order valence-corrected chi connectivity index (χ4v) is 6.29. The highest BCUT2D eigenvalue weighted by Gasteiger charge is 2.41. The number of aromatic nitrogens is 2. The highest BCUT2D eigenvalue weighted by molar-refractivity contribution is 7.89. The zero-order valence-electron chi connectivity index (χ0n) is 19.8. The van der Waals surface area contributed by atoms with E-state index in [-0.39, 0.29) is 29.4 Å². The van der Waals surface area contributed by atoms with Gasteiger partial charge in [0.05, 0.1) is 10.6 Å². The molecule has 1 N–H and O–H groups in total. The zero-order valence-corrected chi connectivity index (χ0v) is 20.6. The summed E-state index contributed by atoms with van der Waals surface area (Å²) in [6, 6.07) is 21.7. The average molecular weight is 515 g/mol. The maximum atomic E-state index is 13.7. The van der Waals surface area contributed by atoms with E-state index in [0.29, 0.717) is 17.2 Å². The minimum atomic E-state index is -4.17. The van der Waals surface area contributed by atoms with Crippen LogP contribution in [0.15, 0.2) is 83.8 Å². The van der Waals surface area contributed by atoms with Gasteiger partial charge in [-0.25, -0.2) is 4.79 Å². The van der Waals surface area contributed by atoms with Crippen LogP contribution in [0.2, 0.25) is 0 Å². The number of carboxylic acid groups (broad SMARTS) is 1. The Bertz CT molecular complexity index is 1670. The number of hydrogen-bond donors (Lipinski definition) is 1. The highest BCUT2D eigenvalue weighted by Crippen LogP contribution is 2.45. The van der Waals surface area contributed by atoms with Crippen molar-refractivity contribution >= 4 is 22.1 Å². The Morgan fingerprint density at radius 3 is 2.43 bits per heavy atom. The number of nitrogens with zero attached hydrogens (tertiary/aromatic N) is 2. The Balaban J connectivity index is 1.58. The zero-order chi connectivity index (χ0) is 25.8. The molecule has 1 unspecified atom stereocenters. The van der Waals surface area contributed by atoms with E-state index in [1.54, 1.807) is 18.2 Å². The molecule has 0 fully saturated rings. The molecule has 1 aliphatic heterocycles. The third-order valence-electron chi connectivity index (χ3n) is 6.89. The third kappa shape index (κ3) is 3.62. The molecule has 2 aliphatic rings. The van der Waals surface area contributed by atoms with E-state index in [0.717, 1.165) is 20.8 Å². The monoisotopic (exact) mass is 514 g/mol. The van der Waals surface area contributed by atoms with Crippen LogP contribution in [0.25, 0.3) is 6.08 Å². The molecule has 0 bridgehead atoms. The van der Waals surface area contributed by atoms with Crippen molar-refractivity contribution < 1.29 is 27.8 Å². The van der Waals surface area contributed by atoms with Crippen LogP contribution in [0, 0.1) is 6.92 Å². The summed E-state index contributed by atoms with van der Waals surface area (Å²) in [5.41, 5.74) is 2.11. The molecule has 1 aromatic heterocycles. The molecule has 8 nitrogen and oxygen atoms in total. The molecule has 4 aromatic rings. The first kappa shape index (κ1) is 23.1. The van der Waals surface area contributed by atoms with E-state index >= 15 is 0 Å². The molecular weight excluding hydrogens is 492 g/mol. The van der Waals surface area contributed by atoms with Gasteiger partial charge in [-0.1, -0.05) is 66.2 Å². The molecule has 186 valence electrons. The van der Waals surface area contributed by atoms with E-state index in [9.17, 15) is 18.3 Å². The number of aromatic carboxylic acids is 1. The van der Waals surface area contributed by atoms with Crippen molar-refractivity contribution in [3.8, 4) is 11.5 Å². The predicted molar refractivity (Wildman–Crippen MR) is 135 cm³/mol. The first-order chi connectivity index (χ1) is 17.8. The van der Waals surface area contributed by atoms with Gasteiger partial charge in [-0.15, -0.1) is 5.10 Å². The minimum absolute atomic E-state index is 0.0308. The van der Waals surface area contributed by atoms with Gasteiger partial charge in [-0.3, -0.25) is 0 Å². The maximum Gasteiger partial charge on any atom is 0.357 e. The van der Waals surface area contributed by atoms with Crippen molar-refractivity contribution in [3.63, 3.8) is 0 Å². The Labute approximate surface area is 213 Å². The Kier molecular flexibility index (Phi) is 5.20. The molecule has 0 spiro atoms. The molecule has 9 heteroatoms. The lowest BCUT2D eigenvalue weighted by molar-refractivity contribution is 0.0690. The van der Waals surface area contributed by atoms with Gasteiger partial charge < -0.3 is 14.6 Å². The topological polar surface area (TPSA) is 108 Å². The van der Waals surface area contributed by atoms with Crippen molar-refractivity contribution in [2.75, 3.05) is 6.79 Å². The van der Waals surface area contributed by atoms with Crippen molar-refractivity contribution in [1.82, 2.24) is 9.19 Å². The fourth-order valence-electron chi connectivity index (χ4n) is 4.97. The number of carbonyl (C=O) groups is 1. The van der Waals surface area contributed by atoms with Crippen LogP contribution in [0.5, 0.6) is 11.5 Å². The number of carboxylic acids is 1. The molecule has 1 aliphatic carbocycles. The molecule has 0 saturated heterocycles. The molecule has 3 aromatic carbocycles. The van der Waals surface area contributed by atoms with E-state index in [2.05, 4.69) is 5.10 Å². The lowest BCUT2D eigenvalue weighted by atomic mass is 9.68. The van der Waals surface area contributed by atoms with E-state index < -0.39 is 21.4 Å². The quantitative estimate of drug-likeness (QED) is 0.420. The number of allylic oxidation sites excluding steroid dienone is 1. The summed E-state index contributed by atoms with van der Waals surface area (Å²) >= 11 is 0. The number of ether oxygens (including phenoxy) is 2. The molecule has 0 saturated carbocycles. The van der Waals surface area contributed by atoms with Crippen LogP contribution < -0.4 is 9.47 Å². The lowest BCUT2D eigenvalue weighted by Crippen LogP contribution is -2.32. The van der Waals surface area contributed by atoms with Gasteiger partial charge in [0.15, 0.2) is 17.2 Å². The second-order valence-corrected chi connectivity index (χ2v) is 10.9. The van der Waals surface area contributed by atoms with Gasteiger partial charge in [0, 0.05) is 17.4 Å².